The molecule has 0 aromatic heterocycles. The molecule has 0 bridgehead atoms. The van der Waals surface area contributed by atoms with E-state index < -0.39 is 0 Å². The van der Waals surface area contributed by atoms with Crippen molar-refractivity contribution in [3.8, 4) is 0 Å². The van der Waals surface area contributed by atoms with Gasteiger partial charge in [-0.05, 0) is 20.5 Å². The molecular formula is C14H31N5O2. The highest BCUT2D eigenvalue weighted by atomic mass is 16.2. The Morgan fingerprint density at radius 3 is 2.19 bits per heavy atom. The van der Waals surface area contributed by atoms with Gasteiger partial charge in [0, 0.05) is 38.6 Å². The average Bonchev–Trinajstić information content (AvgIpc) is 2.44. The van der Waals surface area contributed by atoms with Crippen LogP contribution in [0.1, 0.15) is 26.7 Å². The molecule has 0 aromatic rings. The van der Waals surface area contributed by atoms with E-state index in [-0.39, 0.29) is 17.9 Å². The van der Waals surface area contributed by atoms with Crippen LogP contribution in [0.15, 0.2) is 0 Å². The molecule has 0 saturated heterocycles. The summed E-state index contributed by atoms with van der Waals surface area (Å²) in [5.41, 5.74) is 0. The molecule has 5 N–H and O–H groups in total. The zero-order chi connectivity index (χ0) is 16.1. The molecule has 0 aliphatic heterocycles. The van der Waals surface area contributed by atoms with Gasteiger partial charge in [-0.1, -0.05) is 13.8 Å². The smallest absolute Gasteiger partial charge is 0.237 e. The maximum Gasteiger partial charge on any atom is 0.237 e. The molecule has 1 unspecified atom stereocenters. The second kappa shape index (κ2) is 12.6. The third kappa shape index (κ3) is 11.2. The largest absolute Gasteiger partial charge is 0.355 e. The Balaban J connectivity index is 3.82. The minimum Gasteiger partial charge on any atom is -0.355 e. The summed E-state index contributed by atoms with van der Waals surface area (Å²) in [7, 11) is 3.56. The molecule has 0 rings (SSSR count). The van der Waals surface area contributed by atoms with Crippen LogP contribution in [-0.2, 0) is 9.59 Å². The van der Waals surface area contributed by atoms with Gasteiger partial charge < -0.3 is 26.6 Å². The van der Waals surface area contributed by atoms with Crippen LogP contribution in [0.3, 0.4) is 0 Å². The lowest BCUT2D eigenvalue weighted by atomic mass is 10.1. The van der Waals surface area contributed by atoms with Crippen molar-refractivity contribution >= 4 is 11.8 Å². The van der Waals surface area contributed by atoms with Gasteiger partial charge in [0.25, 0.3) is 0 Å². The van der Waals surface area contributed by atoms with Crippen molar-refractivity contribution in [3.05, 3.63) is 0 Å². The lowest BCUT2D eigenvalue weighted by molar-refractivity contribution is -0.124. The van der Waals surface area contributed by atoms with Crippen molar-refractivity contribution in [2.75, 3.05) is 40.3 Å². The van der Waals surface area contributed by atoms with Gasteiger partial charge in [0.05, 0.1) is 6.04 Å². The van der Waals surface area contributed by atoms with E-state index in [9.17, 15) is 9.59 Å². The lowest BCUT2D eigenvalue weighted by Crippen LogP contribution is -2.45. The van der Waals surface area contributed by atoms with Crippen molar-refractivity contribution in [2.24, 2.45) is 0 Å². The maximum absolute atomic E-state index is 11.9. The first-order valence-corrected chi connectivity index (χ1v) is 7.60. The molecule has 0 saturated carbocycles. The first-order valence-electron chi connectivity index (χ1n) is 7.60. The summed E-state index contributed by atoms with van der Waals surface area (Å²) in [6.45, 7) is 6.79. The van der Waals surface area contributed by atoms with Crippen molar-refractivity contribution < 1.29 is 9.59 Å². The van der Waals surface area contributed by atoms with Crippen LogP contribution in [-0.4, -0.2) is 64.2 Å². The number of carbonyl (C=O) groups is 2. The zero-order valence-electron chi connectivity index (χ0n) is 13.7. The van der Waals surface area contributed by atoms with Crippen LogP contribution in [0.25, 0.3) is 0 Å². The van der Waals surface area contributed by atoms with Gasteiger partial charge in [0.15, 0.2) is 0 Å². The SMILES string of the molecule is CNCCNC(=O)C(CCC(=O)NCCNC(C)C)NC. The van der Waals surface area contributed by atoms with E-state index in [1.54, 1.807) is 7.05 Å². The summed E-state index contributed by atoms with van der Waals surface area (Å²) in [6, 6.07) is 0.0817. The van der Waals surface area contributed by atoms with E-state index in [2.05, 4.69) is 40.4 Å². The topological polar surface area (TPSA) is 94.3 Å². The fraction of sp³-hybridized carbons (Fsp3) is 0.857. The number of nitrogens with one attached hydrogen (secondary N) is 5. The second-order valence-electron chi connectivity index (χ2n) is 5.23. The summed E-state index contributed by atoms with van der Waals surface area (Å²) >= 11 is 0. The molecule has 0 fully saturated rings. The quantitative estimate of drug-likeness (QED) is 0.292. The molecule has 7 nitrogen and oxygen atoms in total. The zero-order valence-corrected chi connectivity index (χ0v) is 13.7. The monoisotopic (exact) mass is 301 g/mol. The van der Waals surface area contributed by atoms with E-state index in [0.717, 1.165) is 13.1 Å². The molecule has 2 amide bonds. The van der Waals surface area contributed by atoms with Gasteiger partial charge >= 0.3 is 0 Å². The summed E-state index contributed by atoms with van der Waals surface area (Å²) in [4.78, 5) is 23.5. The Bertz CT molecular complexity index is 297. The number of hydrogen-bond acceptors (Lipinski definition) is 5. The molecule has 0 aliphatic carbocycles. The predicted octanol–water partition coefficient (Wildman–Crippen LogP) is -1.20. The van der Waals surface area contributed by atoms with E-state index >= 15 is 0 Å². The summed E-state index contributed by atoms with van der Waals surface area (Å²) in [6.07, 6.45) is 0.831. The third-order valence-corrected chi connectivity index (χ3v) is 3.00. The molecule has 0 heterocycles. The van der Waals surface area contributed by atoms with Gasteiger partial charge in [-0.25, -0.2) is 0 Å². The minimum atomic E-state index is -0.332. The van der Waals surface area contributed by atoms with Crippen molar-refractivity contribution in [1.82, 2.24) is 26.6 Å². The van der Waals surface area contributed by atoms with Gasteiger partial charge in [-0.2, -0.15) is 0 Å². The van der Waals surface area contributed by atoms with Crippen LogP contribution in [0.2, 0.25) is 0 Å². The number of hydrogen-bond donors (Lipinski definition) is 5. The molecule has 0 aromatic carbocycles. The molecule has 21 heavy (non-hydrogen) atoms. The van der Waals surface area contributed by atoms with E-state index in [0.29, 0.717) is 32.0 Å². The van der Waals surface area contributed by atoms with E-state index in [1.807, 2.05) is 7.05 Å². The first kappa shape index (κ1) is 19.8. The number of likely N-dealkylation sites (N-methyl/N-ethyl adjacent to an activating group) is 2. The number of amides is 2. The molecule has 0 aliphatic rings. The van der Waals surface area contributed by atoms with Crippen LogP contribution >= 0.6 is 0 Å². The summed E-state index contributed by atoms with van der Waals surface area (Å²) in [5.74, 6) is -0.0918. The Hall–Kier alpha value is -1.18. The Morgan fingerprint density at radius 1 is 0.952 bits per heavy atom. The van der Waals surface area contributed by atoms with Crippen LogP contribution in [0.5, 0.6) is 0 Å². The lowest BCUT2D eigenvalue weighted by Gasteiger charge is -2.16. The highest BCUT2D eigenvalue weighted by Gasteiger charge is 2.16. The van der Waals surface area contributed by atoms with Crippen LogP contribution in [0.4, 0.5) is 0 Å². The molecular weight excluding hydrogens is 270 g/mol. The fourth-order valence-electron chi connectivity index (χ4n) is 1.77. The highest BCUT2D eigenvalue weighted by Crippen LogP contribution is 1.97. The van der Waals surface area contributed by atoms with Crippen molar-refractivity contribution in [2.45, 2.75) is 38.8 Å². The molecule has 124 valence electrons. The van der Waals surface area contributed by atoms with Gasteiger partial charge in [0.1, 0.15) is 0 Å². The van der Waals surface area contributed by atoms with E-state index in [4.69, 9.17) is 0 Å². The Labute approximate surface area is 128 Å². The molecule has 1 atom stereocenters. The van der Waals surface area contributed by atoms with Crippen LogP contribution in [0, 0.1) is 0 Å². The molecule has 7 heteroatoms. The van der Waals surface area contributed by atoms with Gasteiger partial charge in [-0.15, -0.1) is 0 Å². The first-order chi connectivity index (χ1) is 10.0. The average molecular weight is 301 g/mol. The van der Waals surface area contributed by atoms with Crippen LogP contribution < -0.4 is 26.6 Å². The number of rotatable bonds is 12. The van der Waals surface area contributed by atoms with Crippen molar-refractivity contribution in [1.29, 1.82) is 0 Å². The van der Waals surface area contributed by atoms with Gasteiger partial charge in [-0.3, -0.25) is 9.59 Å². The Kier molecular flexibility index (Phi) is 11.8. The van der Waals surface area contributed by atoms with E-state index in [1.165, 1.54) is 0 Å². The number of carbonyl (C=O) groups excluding carboxylic acids is 2. The second-order valence-corrected chi connectivity index (χ2v) is 5.23. The third-order valence-electron chi connectivity index (χ3n) is 3.00. The van der Waals surface area contributed by atoms with Crippen molar-refractivity contribution in [3.63, 3.8) is 0 Å². The normalized spacial score (nSPS) is 12.2. The molecule has 0 spiro atoms. The van der Waals surface area contributed by atoms with Gasteiger partial charge in [0.2, 0.25) is 11.8 Å². The predicted molar refractivity (Wildman–Crippen MR) is 85.2 cm³/mol. The highest BCUT2D eigenvalue weighted by molar-refractivity contribution is 5.83. The standard InChI is InChI=1S/C14H31N5O2/c1-11(2)17-9-10-18-13(20)6-5-12(16-4)14(21)19-8-7-15-3/h11-12,15-17H,5-10H2,1-4H3,(H,18,20)(H,19,21). The molecule has 0 radical (unpaired) electrons. The summed E-state index contributed by atoms with van der Waals surface area (Å²) < 4.78 is 0. The Morgan fingerprint density at radius 2 is 1.62 bits per heavy atom. The minimum absolute atomic E-state index is 0.0242. The fourth-order valence-corrected chi connectivity index (χ4v) is 1.77. The summed E-state index contributed by atoms with van der Waals surface area (Å²) in [5, 5.41) is 14.8. The maximum atomic E-state index is 11.9.